The number of amides is 1. The number of hydrogen-bond donors (Lipinski definition) is 1. The minimum Gasteiger partial charge on any atom is -0.343 e. The average Bonchev–Trinajstić information content (AvgIpc) is 2.85. The Kier molecular flexibility index (Phi) is 3.59. The van der Waals surface area contributed by atoms with Crippen LogP contribution in [-0.4, -0.2) is 35.9 Å². The van der Waals surface area contributed by atoms with Crippen molar-refractivity contribution in [2.75, 3.05) is 13.2 Å². The van der Waals surface area contributed by atoms with Crippen molar-refractivity contribution in [3.8, 4) is 0 Å². The van der Waals surface area contributed by atoms with E-state index < -0.39 is 0 Å². The molecule has 0 aromatic carbocycles. The third kappa shape index (κ3) is 2.43. The predicted octanol–water partition coefficient (Wildman–Crippen LogP) is 1.37. The molecule has 1 amide bonds. The largest absolute Gasteiger partial charge is 0.343 e. The molecule has 4 nitrogen and oxygen atoms in total. The molecule has 1 saturated heterocycles. The number of aliphatic imine (C=N–C) groups is 1. The standard InChI is InChI=1S/C12H21N3O/c1-9(2)12(16)14-11-7-13-8-15(11)10-5-3-4-6-10/h9-10,13H,3-8H2,1-2H3. The van der Waals surface area contributed by atoms with Gasteiger partial charge in [0.15, 0.2) is 0 Å². The van der Waals surface area contributed by atoms with Gasteiger partial charge in [-0.25, -0.2) is 0 Å². The van der Waals surface area contributed by atoms with Crippen LogP contribution in [0, 0.1) is 5.92 Å². The summed E-state index contributed by atoms with van der Waals surface area (Å²) in [5.74, 6) is 0.950. The van der Waals surface area contributed by atoms with Crippen LogP contribution < -0.4 is 5.32 Å². The lowest BCUT2D eigenvalue weighted by Crippen LogP contribution is -2.36. The molecule has 90 valence electrons. The van der Waals surface area contributed by atoms with Crippen LogP contribution in [0.3, 0.4) is 0 Å². The van der Waals surface area contributed by atoms with Crippen molar-refractivity contribution in [2.24, 2.45) is 10.9 Å². The molecule has 0 aromatic rings. The van der Waals surface area contributed by atoms with E-state index in [2.05, 4.69) is 15.2 Å². The van der Waals surface area contributed by atoms with Crippen LogP contribution in [0.5, 0.6) is 0 Å². The molecule has 1 saturated carbocycles. The Bertz CT molecular complexity index is 293. The van der Waals surface area contributed by atoms with E-state index >= 15 is 0 Å². The van der Waals surface area contributed by atoms with E-state index in [9.17, 15) is 4.79 Å². The summed E-state index contributed by atoms with van der Waals surface area (Å²) in [6.07, 6.45) is 5.12. The van der Waals surface area contributed by atoms with Gasteiger partial charge in [0.2, 0.25) is 5.91 Å². The lowest BCUT2D eigenvalue weighted by Gasteiger charge is -2.25. The zero-order valence-corrected chi connectivity index (χ0v) is 10.2. The third-order valence-corrected chi connectivity index (χ3v) is 3.40. The molecule has 0 radical (unpaired) electrons. The van der Waals surface area contributed by atoms with Gasteiger partial charge in [0, 0.05) is 12.0 Å². The Hall–Kier alpha value is -0.900. The van der Waals surface area contributed by atoms with Crippen LogP contribution in [-0.2, 0) is 4.79 Å². The summed E-state index contributed by atoms with van der Waals surface area (Å²) >= 11 is 0. The highest BCUT2D eigenvalue weighted by Crippen LogP contribution is 2.24. The summed E-state index contributed by atoms with van der Waals surface area (Å²) in [5.41, 5.74) is 0. The second kappa shape index (κ2) is 4.95. The maximum absolute atomic E-state index is 11.6. The van der Waals surface area contributed by atoms with E-state index in [1.165, 1.54) is 25.7 Å². The molecule has 2 rings (SSSR count). The molecule has 1 aliphatic heterocycles. The molecule has 4 heteroatoms. The normalized spacial score (nSPS) is 24.9. The van der Waals surface area contributed by atoms with Crippen molar-refractivity contribution in [2.45, 2.75) is 45.6 Å². The monoisotopic (exact) mass is 223 g/mol. The zero-order chi connectivity index (χ0) is 11.5. The number of nitrogens with one attached hydrogen (secondary N) is 1. The Morgan fingerprint density at radius 2 is 2.12 bits per heavy atom. The van der Waals surface area contributed by atoms with E-state index in [1.807, 2.05) is 13.8 Å². The van der Waals surface area contributed by atoms with Crippen molar-refractivity contribution in [1.82, 2.24) is 10.2 Å². The van der Waals surface area contributed by atoms with Crippen LogP contribution in [0.2, 0.25) is 0 Å². The molecule has 0 unspecified atom stereocenters. The Morgan fingerprint density at radius 3 is 2.75 bits per heavy atom. The smallest absolute Gasteiger partial charge is 0.249 e. The van der Waals surface area contributed by atoms with Gasteiger partial charge in [-0.15, -0.1) is 0 Å². The first kappa shape index (κ1) is 11.6. The maximum Gasteiger partial charge on any atom is 0.249 e. The van der Waals surface area contributed by atoms with Gasteiger partial charge in [0.25, 0.3) is 0 Å². The second-order valence-corrected chi connectivity index (χ2v) is 5.01. The van der Waals surface area contributed by atoms with E-state index in [0.29, 0.717) is 6.04 Å². The van der Waals surface area contributed by atoms with E-state index in [-0.39, 0.29) is 11.8 Å². The highest BCUT2D eigenvalue weighted by molar-refractivity contribution is 5.97. The molecule has 0 atom stereocenters. The number of carbonyl (C=O) groups is 1. The summed E-state index contributed by atoms with van der Waals surface area (Å²) in [6, 6.07) is 0.605. The molecule has 1 heterocycles. The minimum atomic E-state index is -0.00136. The molecular weight excluding hydrogens is 202 g/mol. The second-order valence-electron chi connectivity index (χ2n) is 5.01. The molecule has 2 aliphatic rings. The van der Waals surface area contributed by atoms with Gasteiger partial charge in [-0.3, -0.25) is 10.1 Å². The van der Waals surface area contributed by atoms with Crippen LogP contribution in [0.25, 0.3) is 0 Å². The maximum atomic E-state index is 11.6. The summed E-state index contributed by atoms with van der Waals surface area (Å²) in [7, 11) is 0. The number of rotatable bonds is 2. The molecule has 2 fully saturated rings. The fraction of sp³-hybridized carbons (Fsp3) is 0.833. The predicted molar refractivity (Wildman–Crippen MR) is 64.2 cm³/mol. The molecule has 16 heavy (non-hydrogen) atoms. The van der Waals surface area contributed by atoms with E-state index in [1.54, 1.807) is 0 Å². The molecular formula is C12H21N3O. The first-order chi connectivity index (χ1) is 7.68. The van der Waals surface area contributed by atoms with Gasteiger partial charge in [-0.2, -0.15) is 4.99 Å². The van der Waals surface area contributed by atoms with Crippen molar-refractivity contribution >= 4 is 11.7 Å². The molecule has 0 bridgehead atoms. The number of nitrogens with zero attached hydrogens (tertiary/aromatic N) is 2. The van der Waals surface area contributed by atoms with Crippen molar-refractivity contribution < 1.29 is 4.79 Å². The topological polar surface area (TPSA) is 44.7 Å². The van der Waals surface area contributed by atoms with Gasteiger partial charge in [-0.05, 0) is 12.8 Å². The first-order valence-corrected chi connectivity index (χ1v) is 6.27. The summed E-state index contributed by atoms with van der Waals surface area (Å²) < 4.78 is 0. The minimum absolute atomic E-state index is 0.00136. The van der Waals surface area contributed by atoms with Gasteiger partial charge < -0.3 is 4.90 Å². The van der Waals surface area contributed by atoms with Gasteiger partial charge in [-0.1, -0.05) is 26.7 Å². The first-order valence-electron chi connectivity index (χ1n) is 6.27. The average molecular weight is 223 g/mol. The fourth-order valence-electron chi connectivity index (χ4n) is 2.40. The van der Waals surface area contributed by atoms with Crippen molar-refractivity contribution in [1.29, 1.82) is 0 Å². The lowest BCUT2D eigenvalue weighted by atomic mass is 10.2. The lowest BCUT2D eigenvalue weighted by molar-refractivity contribution is -0.120. The van der Waals surface area contributed by atoms with Crippen LogP contribution in [0.1, 0.15) is 39.5 Å². The van der Waals surface area contributed by atoms with E-state index in [4.69, 9.17) is 0 Å². The summed E-state index contributed by atoms with van der Waals surface area (Å²) in [4.78, 5) is 18.1. The van der Waals surface area contributed by atoms with E-state index in [0.717, 1.165) is 19.0 Å². The highest BCUT2D eigenvalue weighted by Gasteiger charge is 2.28. The highest BCUT2D eigenvalue weighted by atomic mass is 16.1. The zero-order valence-electron chi connectivity index (χ0n) is 10.2. The van der Waals surface area contributed by atoms with Gasteiger partial charge in [0.1, 0.15) is 5.84 Å². The Labute approximate surface area is 97.1 Å². The molecule has 0 spiro atoms. The van der Waals surface area contributed by atoms with Crippen LogP contribution >= 0.6 is 0 Å². The van der Waals surface area contributed by atoms with Crippen molar-refractivity contribution in [3.05, 3.63) is 0 Å². The Balaban J connectivity index is 2.05. The fourth-order valence-corrected chi connectivity index (χ4v) is 2.40. The van der Waals surface area contributed by atoms with Gasteiger partial charge in [0.05, 0.1) is 13.2 Å². The number of amidine groups is 1. The summed E-state index contributed by atoms with van der Waals surface area (Å²) in [6.45, 7) is 5.40. The van der Waals surface area contributed by atoms with Crippen LogP contribution in [0.4, 0.5) is 0 Å². The SMILES string of the molecule is CC(C)C(=O)N=C1CNCN1C1CCCC1. The summed E-state index contributed by atoms with van der Waals surface area (Å²) in [5, 5.41) is 3.29. The molecule has 0 aromatic heterocycles. The molecule has 1 aliphatic carbocycles. The number of carbonyl (C=O) groups excluding carboxylic acids is 1. The van der Waals surface area contributed by atoms with Crippen molar-refractivity contribution in [3.63, 3.8) is 0 Å². The van der Waals surface area contributed by atoms with Gasteiger partial charge >= 0.3 is 0 Å². The third-order valence-electron chi connectivity index (χ3n) is 3.40. The van der Waals surface area contributed by atoms with Crippen LogP contribution in [0.15, 0.2) is 4.99 Å². The quantitative estimate of drug-likeness (QED) is 0.769. The molecule has 1 N–H and O–H groups in total. The Morgan fingerprint density at radius 1 is 1.44 bits per heavy atom. The number of hydrogen-bond acceptors (Lipinski definition) is 2.